The first-order valence-corrected chi connectivity index (χ1v) is 7.59. The van der Waals surface area contributed by atoms with Crippen LogP contribution in [0.3, 0.4) is 0 Å². The van der Waals surface area contributed by atoms with E-state index in [1.165, 1.54) is 5.56 Å². The Morgan fingerprint density at radius 1 is 1.29 bits per heavy atom. The van der Waals surface area contributed by atoms with Crippen LogP contribution in [0.15, 0.2) is 42.7 Å². The van der Waals surface area contributed by atoms with Gasteiger partial charge in [-0.15, -0.1) is 0 Å². The van der Waals surface area contributed by atoms with Gasteiger partial charge in [0.15, 0.2) is 0 Å². The van der Waals surface area contributed by atoms with Crippen LogP contribution in [0.2, 0.25) is 0 Å². The van der Waals surface area contributed by atoms with Crippen molar-refractivity contribution in [1.29, 1.82) is 0 Å². The second kappa shape index (κ2) is 7.96. The molecule has 0 aliphatic rings. The first-order chi connectivity index (χ1) is 10.2. The van der Waals surface area contributed by atoms with Crippen LogP contribution in [0, 0.1) is 0 Å². The van der Waals surface area contributed by atoms with Crippen LogP contribution in [0.25, 0.3) is 0 Å². The van der Waals surface area contributed by atoms with Crippen LogP contribution in [-0.2, 0) is 19.5 Å². The van der Waals surface area contributed by atoms with Crippen LogP contribution in [0.4, 0.5) is 0 Å². The van der Waals surface area contributed by atoms with E-state index in [2.05, 4.69) is 33.5 Å². The molecule has 1 atom stereocenters. The highest BCUT2D eigenvalue weighted by Gasteiger charge is 2.11. The third-order valence-corrected chi connectivity index (χ3v) is 3.50. The summed E-state index contributed by atoms with van der Waals surface area (Å²) in [5, 5.41) is 10.3. The van der Waals surface area contributed by atoms with Crippen molar-refractivity contribution in [3.05, 3.63) is 54.1 Å². The molecule has 0 saturated carbocycles. The number of likely N-dealkylation sites (N-methyl/N-ethyl adjacent to an activating group) is 1. The second-order valence-electron chi connectivity index (χ2n) is 5.58. The highest BCUT2D eigenvalue weighted by Crippen LogP contribution is 2.06. The Hall–Kier alpha value is -1.65. The van der Waals surface area contributed by atoms with Gasteiger partial charge in [-0.25, -0.2) is 4.98 Å². The quantitative estimate of drug-likeness (QED) is 0.810. The van der Waals surface area contributed by atoms with E-state index in [-0.39, 0.29) is 6.10 Å². The highest BCUT2D eigenvalue weighted by atomic mass is 16.3. The molecule has 1 heterocycles. The summed E-state index contributed by atoms with van der Waals surface area (Å²) in [7, 11) is 2.04. The third kappa shape index (κ3) is 4.99. The summed E-state index contributed by atoms with van der Waals surface area (Å²) >= 11 is 0. The van der Waals surface area contributed by atoms with Gasteiger partial charge in [0.05, 0.1) is 12.6 Å². The predicted octanol–water partition coefficient (Wildman–Crippen LogP) is 2.33. The summed E-state index contributed by atoms with van der Waals surface area (Å²) in [6.45, 7) is 4.25. The number of nitrogens with zero attached hydrogens (tertiary/aromatic N) is 3. The van der Waals surface area contributed by atoms with Crippen LogP contribution in [-0.4, -0.2) is 39.3 Å². The minimum absolute atomic E-state index is 0.386. The van der Waals surface area contributed by atoms with E-state index in [0.717, 1.165) is 25.2 Å². The zero-order valence-corrected chi connectivity index (χ0v) is 12.9. The fourth-order valence-electron chi connectivity index (χ4n) is 2.56. The number of imidazole rings is 1. The molecule has 0 radical (unpaired) electrons. The number of aromatic nitrogens is 2. The van der Waals surface area contributed by atoms with E-state index >= 15 is 0 Å². The summed E-state index contributed by atoms with van der Waals surface area (Å²) in [5.41, 5.74) is 1.27. The SMILES string of the molecule is CCCc1nccn1CC(O)CN(C)Cc1ccccc1. The molecule has 114 valence electrons. The minimum atomic E-state index is -0.386. The maximum absolute atomic E-state index is 10.3. The number of aryl methyl sites for hydroxylation is 1. The van der Waals surface area contributed by atoms with Gasteiger partial charge in [0, 0.05) is 31.9 Å². The number of hydrogen-bond acceptors (Lipinski definition) is 3. The van der Waals surface area contributed by atoms with Crippen molar-refractivity contribution in [2.24, 2.45) is 0 Å². The molecule has 4 heteroatoms. The van der Waals surface area contributed by atoms with E-state index in [4.69, 9.17) is 0 Å². The lowest BCUT2D eigenvalue weighted by Gasteiger charge is -2.21. The van der Waals surface area contributed by atoms with Crippen molar-refractivity contribution in [1.82, 2.24) is 14.5 Å². The molecule has 1 aromatic heterocycles. The van der Waals surface area contributed by atoms with Crippen LogP contribution in [0.1, 0.15) is 24.7 Å². The zero-order chi connectivity index (χ0) is 15.1. The van der Waals surface area contributed by atoms with E-state index < -0.39 is 0 Å². The van der Waals surface area contributed by atoms with Crippen LogP contribution < -0.4 is 0 Å². The molecule has 0 spiro atoms. The van der Waals surface area contributed by atoms with Gasteiger partial charge in [-0.3, -0.25) is 4.90 Å². The summed E-state index contributed by atoms with van der Waals surface area (Å²) in [6, 6.07) is 10.3. The number of aliphatic hydroxyl groups excluding tert-OH is 1. The molecule has 0 fully saturated rings. The molecule has 0 aliphatic carbocycles. The lowest BCUT2D eigenvalue weighted by Crippen LogP contribution is -2.32. The van der Waals surface area contributed by atoms with Crippen molar-refractivity contribution in [3.8, 4) is 0 Å². The fraction of sp³-hybridized carbons (Fsp3) is 0.471. The van der Waals surface area contributed by atoms with Crippen LogP contribution >= 0.6 is 0 Å². The lowest BCUT2D eigenvalue weighted by atomic mass is 10.2. The lowest BCUT2D eigenvalue weighted by molar-refractivity contribution is 0.106. The first-order valence-electron chi connectivity index (χ1n) is 7.59. The summed E-state index contributed by atoms with van der Waals surface area (Å²) in [4.78, 5) is 6.49. The maximum Gasteiger partial charge on any atom is 0.108 e. The van der Waals surface area contributed by atoms with E-state index in [1.54, 1.807) is 0 Å². The Morgan fingerprint density at radius 3 is 2.76 bits per heavy atom. The average Bonchev–Trinajstić information content (AvgIpc) is 2.87. The smallest absolute Gasteiger partial charge is 0.108 e. The predicted molar refractivity (Wildman–Crippen MR) is 85.0 cm³/mol. The normalized spacial score (nSPS) is 12.8. The van der Waals surface area contributed by atoms with Crippen molar-refractivity contribution < 1.29 is 5.11 Å². The monoisotopic (exact) mass is 287 g/mol. The topological polar surface area (TPSA) is 41.3 Å². The molecule has 1 N–H and O–H groups in total. The van der Waals surface area contributed by atoms with Gasteiger partial charge in [-0.2, -0.15) is 0 Å². The molecule has 0 bridgehead atoms. The standard InChI is InChI=1S/C17H25N3O/c1-3-7-17-18-10-11-20(17)14-16(21)13-19(2)12-15-8-5-4-6-9-15/h4-6,8-11,16,21H,3,7,12-14H2,1-2H3. The van der Waals surface area contributed by atoms with Gasteiger partial charge in [0.25, 0.3) is 0 Å². The number of rotatable bonds is 8. The van der Waals surface area contributed by atoms with Gasteiger partial charge in [-0.05, 0) is 19.0 Å². The second-order valence-corrected chi connectivity index (χ2v) is 5.58. The molecular formula is C17H25N3O. The van der Waals surface area contributed by atoms with Crippen molar-refractivity contribution in [3.63, 3.8) is 0 Å². The molecule has 1 unspecified atom stereocenters. The van der Waals surface area contributed by atoms with E-state index in [9.17, 15) is 5.11 Å². The van der Waals surface area contributed by atoms with Crippen LogP contribution in [0.5, 0.6) is 0 Å². The van der Waals surface area contributed by atoms with Crippen molar-refractivity contribution >= 4 is 0 Å². The fourth-order valence-corrected chi connectivity index (χ4v) is 2.56. The number of aliphatic hydroxyl groups is 1. The Labute approximate surface area is 127 Å². The highest BCUT2D eigenvalue weighted by molar-refractivity contribution is 5.14. The van der Waals surface area contributed by atoms with Gasteiger partial charge in [0.1, 0.15) is 5.82 Å². The third-order valence-electron chi connectivity index (χ3n) is 3.50. The Bertz CT molecular complexity index is 524. The van der Waals surface area contributed by atoms with Gasteiger partial charge in [-0.1, -0.05) is 37.3 Å². The molecule has 2 rings (SSSR count). The average molecular weight is 287 g/mol. The van der Waals surface area contributed by atoms with Gasteiger partial charge < -0.3 is 9.67 Å². The van der Waals surface area contributed by atoms with E-state index in [1.807, 2.05) is 37.6 Å². The minimum Gasteiger partial charge on any atom is -0.390 e. The Kier molecular flexibility index (Phi) is 5.96. The molecule has 0 amide bonds. The van der Waals surface area contributed by atoms with Crippen molar-refractivity contribution in [2.75, 3.05) is 13.6 Å². The summed E-state index contributed by atoms with van der Waals surface area (Å²) in [5.74, 6) is 1.06. The maximum atomic E-state index is 10.3. The zero-order valence-electron chi connectivity index (χ0n) is 12.9. The largest absolute Gasteiger partial charge is 0.390 e. The molecular weight excluding hydrogens is 262 g/mol. The summed E-state index contributed by atoms with van der Waals surface area (Å²) in [6.07, 6.45) is 5.40. The first kappa shape index (κ1) is 15.7. The molecule has 0 saturated heterocycles. The van der Waals surface area contributed by atoms with Crippen molar-refractivity contribution in [2.45, 2.75) is 39.0 Å². The molecule has 4 nitrogen and oxygen atoms in total. The molecule has 21 heavy (non-hydrogen) atoms. The van der Waals surface area contributed by atoms with Gasteiger partial charge in [0.2, 0.25) is 0 Å². The Balaban J connectivity index is 1.83. The number of hydrogen-bond donors (Lipinski definition) is 1. The van der Waals surface area contributed by atoms with Gasteiger partial charge >= 0.3 is 0 Å². The van der Waals surface area contributed by atoms with E-state index in [0.29, 0.717) is 13.1 Å². The Morgan fingerprint density at radius 2 is 2.05 bits per heavy atom. The number of benzene rings is 1. The molecule has 0 aliphatic heterocycles. The molecule has 1 aromatic carbocycles. The summed E-state index contributed by atoms with van der Waals surface area (Å²) < 4.78 is 2.06. The molecule has 2 aromatic rings.